The number of carbonyl (C=O) groups excluding carboxylic acids is 1. The molecule has 0 unspecified atom stereocenters. The number of hydrogen-bond donors (Lipinski definition) is 1. The van der Waals surface area contributed by atoms with Gasteiger partial charge in [0, 0.05) is 13.2 Å². The van der Waals surface area contributed by atoms with Crippen LogP contribution in [-0.2, 0) is 9.47 Å². The number of carbonyl (C=O) groups is 1. The van der Waals surface area contributed by atoms with Crippen molar-refractivity contribution in [3.63, 3.8) is 0 Å². The molecular weight excluding hydrogens is 213 g/mol. The van der Waals surface area contributed by atoms with Crippen LogP contribution >= 0.6 is 0 Å². The van der Waals surface area contributed by atoms with E-state index in [2.05, 4.69) is 5.32 Å². The standard InChI is InChI=1S/C11H20FNO3/c1-10(2,3)16-9(14)13-11(8-12)4-6-15-7-5-11/h4-8H2,1-3H3,(H,13,14). The lowest BCUT2D eigenvalue weighted by Crippen LogP contribution is -2.54. The Labute approximate surface area is 95.5 Å². The zero-order valence-electron chi connectivity index (χ0n) is 10.1. The van der Waals surface area contributed by atoms with E-state index in [1.165, 1.54) is 0 Å². The maximum absolute atomic E-state index is 13.0. The van der Waals surface area contributed by atoms with E-state index in [9.17, 15) is 9.18 Å². The molecule has 0 aromatic rings. The first-order chi connectivity index (χ1) is 7.37. The molecule has 0 atom stereocenters. The Morgan fingerprint density at radius 2 is 2.00 bits per heavy atom. The second-order valence-corrected chi connectivity index (χ2v) is 5.15. The minimum Gasteiger partial charge on any atom is -0.444 e. The van der Waals surface area contributed by atoms with Gasteiger partial charge >= 0.3 is 6.09 Å². The van der Waals surface area contributed by atoms with Gasteiger partial charge in [0.15, 0.2) is 0 Å². The topological polar surface area (TPSA) is 47.6 Å². The van der Waals surface area contributed by atoms with E-state index in [-0.39, 0.29) is 0 Å². The van der Waals surface area contributed by atoms with Crippen molar-refractivity contribution in [1.82, 2.24) is 5.32 Å². The second kappa shape index (κ2) is 4.99. The molecule has 1 N–H and O–H groups in total. The van der Waals surface area contributed by atoms with Crippen LogP contribution < -0.4 is 5.32 Å². The normalized spacial score (nSPS) is 20.2. The molecular formula is C11H20FNO3. The lowest BCUT2D eigenvalue weighted by molar-refractivity contribution is 0.00988. The third-order valence-electron chi connectivity index (χ3n) is 2.47. The minimum absolute atomic E-state index is 0.472. The van der Waals surface area contributed by atoms with Crippen LogP contribution in [0.25, 0.3) is 0 Å². The van der Waals surface area contributed by atoms with E-state index >= 15 is 0 Å². The van der Waals surface area contributed by atoms with Gasteiger partial charge in [0.2, 0.25) is 0 Å². The van der Waals surface area contributed by atoms with Crippen LogP contribution in [0.4, 0.5) is 9.18 Å². The summed E-state index contributed by atoms with van der Waals surface area (Å²) in [6.07, 6.45) is 0.415. The van der Waals surface area contributed by atoms with E-state index in [4.69, 9.17) is 9.47 Å². The molecule has 16 heavy (non-hydrogen) atoms. The van der Waals surface area contributed by atoms with Crippen LogP contribution in [0.15, 0.2) is 0 Å². The average Bonchev–Trinajstić information content (AvgIpc) is 2.16. The van der Waals surface area contributed by atoms with Crippen LogP contribution in [0.5, 0.6) is 0 Å². The molecule has 0 radical (unpaired) electrons. The van der Waals surface area contributed by atoms with Gasteiger partial charge in [-0.2, -0.15) is 0 Å². The molecule has 1 heterocycles. The molecule has 1 fully saturated rings. The van der Waals surface area contributed by atoms with E-state index in [0.717, 1.165) is 0 Å². The van der Waals surface area contributed by atoms with Gasteiger partial charge in [0.25, 0.3) is 0 Å². The zero-order chi connectivity index (χ0) is 12.2. The molecule has 1 rings (SSSR count). The smallest absolute Gasteiger partial charge is 0.408 e. The fourth-order valence-corrected chi connectivity index (χ4v) is 1.57. The highest BCUT2D eigenvalue weighted by Crippen LogP contribution is 2.22. The Hall–Kier alpha value is -0.840. The summed E-state index contributed by atoms with van der Waals surface area (Å²) in [6.45, 7) is 5.69. The number of alkyl halides is 1. The van der Waals surface area contributed by atoms with E-state index < -0.39 is 23.9 Å². The Morgan fingerprint density at radius 1 is 1.44 bits per heavy atom. The van der Waals surface area contributed by atoms with Crippen molar-refractivity contribution in [2.45, 2.75) is 44.8 Å². The maximum atomic E-state index is 13.0. The van der Waals surface area contributed by atoms with Crippen LogP contribution in [-0.4, -0.2) is 37.1 Å². The highest BCUT2D eigenvalue weighted by Gasteiger charge is 2.35. The summed E-state index contributed by atoms with van der Waals surface area (Å²) in [5.41, 5.74) is -1.37. The van der Waals surface area contributed by atoms with Gasteiger partial charge < -0.3 is 14.8 Å². The van der Waals surface area contributed by atoms with Crippen molar-refractivity contribution in [2.75, 3.05) is 19.9 Å². The number of rotatable bonds is 2. The average molecular weight is 233 g/mol. The fraction of sp³-hybridized carbons (Fsp3) is 0.909. The second-order valence-electron chi connectivity index (χ2n) is 5.15. The Bertz CT molecular complexity index is 244. The Kier molecular flexibility index (Phi) is 4.13. The number of alkyl carbamates (subject to hydrolysis) is 1. The lowest BCUT2D eigenvalue weighted by atomic mass is 9.92. The first-order valence-corrected chi connectivity index (χ1v) is 5.52. The molecule has 0 spiro atoms. The van der Waals surface area contributed by atoms with Crippen molar-refractivity contribution in [3.05, 3.63) is 0 Å². The number of halogens is 1. The summed E-state index contributed by atoms with van der Waals surface area (Å²) < 4.78 is 23.3. The molecule has 94 valence electrons. The molecule has 1 saturated heterocycles. The fourth-order valence-electron chi connectivity index (χ4n) is 1.57. The Morgan fingerprint density at radius 3 is 2.44 bits per heavy atom. The van der Waals surface area contributed by atoms with E-state index in [1.54, 1.807) is 20.8 Å². The van der Waals surface area contributed by atoms with Gasteiger partial charge in [0.05, 0.1) is 5.54 Å². The van der Waals surface area contributed by atoms with Crippen molar-refractivity contribution < 1.29 is 18.7 Å². The first-order valence-electron chi connectivity index (χ1n) is 5.52. The molecule has 5 heteroatoms. The minimum atomic E-state index is -0.805. The molecule has 1 aliphatic heterocycles. The number of amides is 1. The van der Waals surface area contributed by atoms with Crippen LogP contribution in [0.3, 0.4) is 0 Å². The molecule has 1 aliphatic rings. The molecule has 0 aromatic heterocycles. The first kappa shape index (κ1) is 13.2. The van der Waals surface area contributed by atoms with Crippen molar-refractivity contribution >= 4 is 6.09 Å². The molecule has 4 nitrogen and oxygen atoms in total. The highest BCUT2D eigenvalue weighted by atomic mass is 19.1. The number of ether oxygens (including phenoxy) is 2. The van der Waals surface area contributed by atoms with Crippen molar-refractivity contribution in [1.29, 1.82) is 0 Å². The molecule has 0 bridgehead atoms. The molecule has 0 saturated carbocycles. The summed E-state index contributed by atoms with van der Waals surface area (Å²) in [5, 5.41) is 2.62. The largest absolute Gasteiger partial charge is 0.444 e. The third kappa shape index (κ3) is 3.96. The van der Waals surface area contributed by atoms with Crippen molar-refractivity contribution in [3.8, 4) is 0 Å². The van der Waals surface area contributed by atoms with Crippen LogP contribution in [0.2, 0.25) is 0 Å². The van der Waals surface area contributed by atoms with Gasteiger partial charge in [-0.25, -0.2) is 9.18 Å². The molecule has 0 aromatic carbocycles. The van der Waals surface area contributed by atoms with E-state index in [1.807, 2.05) is 0 Å². The van der Waals surface area contributed by atoms with Gasteiger partial charge in [0.1, 0.15) is 12.3 Å². The third-order valence-corrected chi connectivity index (χ3v) is 2.47. The predicted molar refractivity (Wildman–Crippen MR) is 58.1 cm³/mol. The zero-order valence-corrected chi connectivity index (χ0v) is 10.1. The predicted octanol–water partition coefficient (Wildman–Crippen LogP) is 2.03. The summed E-state index contributed by atoms with van der Waals surface area (Å²) >= 11 is 0. The lowest BCUT2D eigenvalue weighted by Gasteiger charge is -2.35. The van der Waals surface area contributed by atoms with E-state index in [0.29, 0.717) is 26.1 Å². The maximum Gasteiger partial charge on any atom is 0.408 e. The monoisotopic (exact) mass is 233 g/mol. The summed E-state index contributed by atoms with van der Waals surface area (Å²) in [7, 11) is 0. The van der Waals surface area contributed by atoms with Crippen LogP contribution in [0.1, 0.15) is 33.6 Å². The highest BCUT2D eigenvalue weighted by molar-refractivity contribution is 5.68. The van der Waals surface area contributed by atoms with Crippen LogP contribution in [0, 0.1) is 0 Å². The number of nitrogens with one attached hydrogen (secondary N) is 1. The quantitative estimate of drug-likeness (QED) is 0.793. The Balaban J connectivity index is 2.52. The van der Waals surface area contributed by atoms with Gasteiger partial charge in [-0.3, -0.25) is 0 Å². The number of hydrogen-bond acceptors (Lipinski definition) is 3. The summed E-state index contributed by atoms with van der Waals surface area (Å²) in [5.74, 6) is 0. The molecule has 1 amide bonds. The van der Waals surface area contributed by atoms with Gasteiger partial charge in [-0.1, -0.05) is 0 Å². The molecule has 0 aliphatic carbocycles. The van der Waals surface area contributed by atoms with Gasteiger partial charge in [-0.15, -0.1) is 0 Å². The summed E-state index contributed by atoms with van der Waals surface area (Å²) in [6, 6.07) is 0. The summed E-state index contributed by atoms with van der Waals surface area (Å²) in [4.78, 5) is 11.6. The van der Waals surface area contributed by atoms with Gasteiger partial charge in [-0.05, 0) is 33.6 Å². The van der Waals surface area contributed by atoms with Crippen molar-refractivity contribution in [2.24, 2.45) is 0 Å². The SMILES string of the molecule is CC(C)(C)OC(=O)NC1(CF)CCOCC1.